The van der Waals surface area contributed by atoms with Crippen LogP contribution < -0.4 is 21.3 Å². The number of likely N-dealkylation sites (tertiary alicyclic amines) is 2. The highest BCUT2D eigenvalue weighted by Crippen LogP contribution is 2.39. The molecule has 3 aliphatic heterocycles. The van der Waals surface area contributed by atoms with Gasteiger partial charge in [-0.25, -0.2) is 14.8 Å². The van der Waals surface area contributed by atoms with E-state index in [4.69, 9.17) is 28.3 Å². The number of cyclic esters (lactones) is 1. The Morgan fingerprint density at radius 1 is 0.882 bits per heavy atom. The van der Waals surface area contributed by atoms with Gasteiger partial charge in [0.2, 0.25) is 35.5 Å². The normalized spacial score (nSPS) is 17.5. The number of hydrogen-bond acceptors (Lipinski definition) is 20. The third kappa shape index (κ3) is 15.8. The van der Waals surface area contributed by atoms with Gasteiger partial charge in [-0.1, -0.05) is 75.4 Å². The van der Waals surface area contributed by atoms with Crippen molar-refractivity contribution in [1.82, 2.24) is 45.6 Å². The molecule has 6 aromatic rings. The van der Waals surface area contributed by atoms with Gasteiger partial charge in [0.05, 0.1) is 92.0 Å². The molecule has 9 rings (SSSR count). The Hall–Kier alpha value is -7.74. The summed E-state index contributed by atoms with van der Waals surface area (Å²) >= 11 is 1.57. The highest BCUT2D eigenvalue weighted by Gasteiger charge is 2.45. The molecule has 3 aliphatic rings. The van der Waals surface area contributed by atoms with Crippen LogP contribution in [0.1, 0.15) is 117 Å². The maximum atomic E-state index is 14.0. The van der Waals surface area contributed by atoms with Crippen molar-refractivity contribution < 1.29 is 57.6 Å². The molecule has 23 nitrogen and oxygen atoms in total. The van der Waals surface area contributed by atoms with E-state index in [1.54, 1.807) is 35.2 Å². The van der Waals surface area contributed by atoms with Gasteiger partial charge in [0.1, 0.15) is 23.5 Å². The lowest BCUT2D eigenvalue weighted by molar-refractivity contribution is -0.144. The molecule has 3 aromatic heterocycles. The number of amides is 4. The molecule has 0 saturated carbocycles. The Morgan fingerprint density at radius 2 is 1.59 bits per heavy atom. The average molecular weight is 1190 g/mol. The molecule has 452 valence electrons. The molecule has 0 radical (unpaired) electrons. The fourth-order valence-corrected chi connectivity index (χ4v) is 11.3. The van der Waals surface area contributed by atoms with Crippen molar-refractivity contribution in [3.8, 4) is 21.9 Å². The van der Waals surface area contributed by atoms with Crippen LogP contribution in [0, 0.1) is 12.3 Å². The van der Waals surface area contributed by atoms with Gasteiger partial charge in [0, 0.05) is 62.4 Å². The number of carbonyl (C=O) groups excluding carboxylic acids is 5. The SMILES string of the molecule is Cc1ncsc1-c1ccc(CNC(=O)[C@@H]2C[C@@H](O)CN2C(=O)[C@@H](NC(=O)CCOCCOCCOCCC(=O)N2CCC(c3nnc(-c4cnc(Nc5ccc6c(c5)C(C)(C)OC6=O)nc4N[C@H](CO)c4ccccc4)o3)CC2)C(C)(C)C)cc1. The number of benzene rings is 3. The zero-order valence-electron chi connectivity index (χ0n) is 48.8. The largest absolute Gasteiger partial charge is 0.451 e. The Bertz CT molecular complexity index is 3270. The fourth-order valence-electron chi connectivity index (χ4n) is 10.5. The maximum absolute atomic E-state index is 14.0. The first kappa shape index (κ1) is 61.8. The Morgan fingerprint density at radius 3 is 2.27 bits per heavy atom. The zero-order valence-corrected chi connectivity index (χ0v) is 49.6. The molecule has 0 aliphatic carbocycles. The number of fused-ring (bicyclic) bond motifs is 1. The van der Waals surface area contributed by atoms with E-state index >= 15 is 0 Å². The van der Waals surface area contributed by atoms with Crippen molar-refractivity contribution >= 4 is 58.4 Å². The number of aryl methyl sites for hydroxylation is 1. The van der Waals surface area contributed by atoms with E-state index in [2.05, 4.69) is 41.4 Å². The Labute approximate surface area is 497 Å². The van der Waals surface area contributed by atoms with Crippen LogP contribution >= 0.6 is 11.3 Å². The highest BCUT2D eigenvalue weighted by atomic mass is 32.1. The molecule has 0 bridgehead atoms. The third-order valence-corrected chi connectivity index (χ3v) is 16.2. The topological polar surface area (TPSA) is 295 Å². The van der Waals surface area contributed by atoms with E-state index in [1.807, 2.05) is 107 Å². The van der Waals surface area contributed by atoms with Crippen molar-refractivity contribution in [3.63, 3.8) is 0 Å². The van der Waals surface area contributed by atoms with Crippen molar-refractivity contribution in [2.24, 2.45) is 5.41 Å². The number of aromatic nitrogens is 5. The van der Waals surface area contributed by atoms with Gasteiger partial charge in [-0.05, 0) is 73.9 Å². The van der Waals surface area contributed by atoms with Crippen molar-refractivity contribution in [2.75, 3.05) is 76.5 Å². The number of ether oxygens (including phenoxy) is 4. The number of nitrogens with zero attached hydrogens (tertiary/aromatic N) is 7. The number of esters is 1. The summed E-state index contributed by atoms with van der Waals surface area (Å²) < 4.78 is 28.8. The van der Waals surface area contributed by atoms with E-state index in [1.165, 1.54) is 4.90 Å². The molecule has 85 heavy (non-hydrogen) atoms. The standard InChI is InChI=1S/C61H75N11O12S/c1-37-51(85-36-64-37)40-14-12-38(13-15-40)32-62-54(77)48-31-43(74)34-72(48)57(78)52(60(2,3)4)67-49(75)20-24-80-26-28-82-29-27-81-25-21-50(76)71-22-18-41(19-23-71)55-69-70-56(83-55)45-33-63-59(68-53(45)66-47(35-73)39-10-8-7-9-11-39)65-42-16-17-44-46(30-42)61(5,6)84-58(44)79/h7-17,30,33,36,41,43,47-48,52,73-74H,18-29,31-32,34-35H2,1-6H3,(H,62,77)(H,67,75)(H2,63,65,66,68)/t43-,47-,48+,52-/m1/s1. The smallest absolute Gasteiger partial charge is 0.339 e. The predicted octanol–water partition coefficient (Wildman–Crippen LogP) is 6.60. The fraction of sp³-hybridized carbons (Fsp3) is 0.475. The first-order chi connectivity index (χ1) is 40.8. The van der Waals surface area contributed by atoms with E-state index in [9.17, 15) is 34.2 Å². The molecule has 0 spiro atoms. The Kier molecular flexibility index (Phi) is 20.3. The molecular weight excluding hydrogens is 1110 g/mol. The van der Waals surface area contributed by atoms with Gasteiger partial charge < -0.3 is 64.6 Å². The maximum Gasteiger partial charge on any atom is 0.339 e. The number of anilines is 3. The summed E-state index contributed by atoms with van der Waals surface area (Å²) in [5.74, 6) is -0.485. The summed E-state index contributed by atoms with van der Waals surface area (Å²) in [7, 11) is 0. The van der Waals surface area contributed by atoms with Gasteiger partial charge in [0.25, 0.3) is 5.89 Å². The van der Waals surface area contributed by atoms with Gasteiger partial charge >= 0.3 is 5.97 Å². The first-order valence-corrected chi connectivity index (χ1v) is 29.6. The predicted molar refractivity (Wildman–Crippen MR) is 315 cm³/mol. The summed E-state index contributed by atoms with van der Waals surface area (Å²) in [6.07, 6.45) is 2.21. The minimum atomic E-state index is -0.958. The minimum absolute atomic E-state index is 0.00740. The molecule has 4 atom stereocenters. The number of aliphatic hydroxyl groups is 2. The number of carbonyl (C=O) groups is 5. The van der Waals surface area contributed by atoms with Gasteiger partial charge in [-0.2, -0.15) is 4.98 Å². The quantitative estimate of drug-likeness (QED) is 0.0246. The average Bonchev–Trinajstić information content (AvgIpc) is 4.34. The number of aliphatic hydroxyl groups excluding tert-OH is 2. The number of thiazole rings is 1. The molecule has 6 heterocycles. The number of β-amino-alcohol motifs (C(OH)–C–C–N with tert-alkyl or cyclic N) is 1. The molecule has 24 heteroatoms. The second-order valence-electron chi connectivity index (χ2n) is 22.9. The van der Waals surface area contributed by atoms with Crippen LogP contribution in [0.3, 0.4) is 0 Å². The number of hydrogen-bond donors (Lipinski definition) is 6. The van der Waals surface area contributed by atoms with E-state index in [-0.39, 0.29) is 120 Å². The Balaban J connectivity index is 0.658. The van der Waals surface area contributed by atoms with E-state index in [0.717, 1.165) is 32.8 Å². The second-order valence-corrected chi connectivity index (χ2v) is 23.8. The molecule has 6 N–H and O–H groups in total. The number of rotatable bonds is 26. The molecule has 0 unspecified atom stereocenters. The van der Waals surface area contributed by atoms with Gasteiger partial charge in [-0.3, -0.25) is 19.2 Å². The lowest BCUT2D eigenvalue weighted by Gasteiger charge is -2.35. The summed E-state index contributed by atoms with van der Waals surface area (Å²) in [6, 6.07) is 20.2. The molecular formula is C61H75N11O12S. The third-order valence-electron chi connectivity index (χ3n) is 15.2. The molecule has 3 aromatic carbocycles. The summed E-state index contributed by atoms with van der Waals surface area (Å²) in [5.41, 5.74) is 6.35. The van der Waals surface area contributed by atoms with Crippen LogP contribution in [-0.2, 0) is 50.3 Å². The highest BCUT2D eigenvalue weighted by molar-refractivity contribution is 7.13. The van der Waals surface area contributed by atoms with Crippen LogP contribution in [0.4, 0.5) is 17.5 Å². The number of nitrogens with one attached hydrogen (secondary N) is 4. The second kappa shape index (κ2) is 28.0. The van der Waals surface area contributed by atoms with E-state index < -0.39 is 41.2 Å². The minimum Gasteiger partial charge on any atom is -0.451 e. The van der Waals surface area contributed by atoms with Crippen LogP contribution in [-0.4, -0.2) is 159 Å². The van der Waals surface area contributed by atoms with Crippen molar-refractivity contribution in [2.45, 2.75) is 116 Å². The van der Waals surface area contributed by atoms with Crippen LogP contribution in [0.2, 0.25) is 0 Å². The van der Waals surface area contributed by atoms with Crippen LogP contribution in [0.25, 0.3) is 21.9 Å². The van der Waals surface area contributed by atoms with Crippen molar-refractivity contribution in [1.29, 1.82) is 0 Å². The molecule has 4 amide bonds. The molecule has 2 saturated heterocycles. The summed E-state index contributed by atoms with van der Waals surface area (Å²) in [5, 5.41) is 42.2. The van der Waals surface area contributed by atoms with Crippen LogP contribution in [0.15, 0.2) is 88.9 Å². The zero-order chi connectivity index (χ0) is 60.3. The lowest BCUT2D eigenvalue weighted by Crippen LogP contribution is -2.57. The lowest BCUT2D eigenvalue weighted by atomic mass is 9.85. The summed E-state index contributed by atoms with van der Waals surface area (Å²) in [4.78, 5) is 84.1. The monoisotopic (exact) mass is 1190 g/mol. The number of piperidine rings is 1. The summed E-state index contributed by atoms with van der Waals surface area (Å²) in [6.45, 7) is 13.5. The molecule has 2 fully saturated rings. The van der Waals surface area contributed by atoms with E-state index in [0.29, 0.717) is 54.5 Å². The first-order valence-electron chi connectivity index (χ1n) is 28.7. The van der Waals surface area contributed by atoms with Gasteiger partial charge in [-0.15, -0.1) is 21.5 Å². The van der Waals surface area contributed by atoms with Crippen molar-refractivity contribution in [3.05, 3.63) is 118 Å². The van der Waals surface area contributed by atoms with Gasteiger partial charge in [0.15, 0.2) is 0 Å². The van der Waals surface area contributed by atoms with Crippen LogP contribution in [0.5, 0.6) is 0 Å².